The Labute approximate surface area is 139 Å². The molecule has 0 spiro atoms. The molecule has 7 heteroatoms. The summed E-state index contributed by atoms with van der Waals surface area (Å²) in [6.07, 6.45) is 0. The molecular weight excluding hydrogens is 358 g/mol. The number of aryl methyl sites for hydroxylation is 1. The molecule has 0 aliphatic heterocycles. The van der Waals surface area contributed by atoms with Crippen LogP contribution in [0, 0.1) is 0 Å². The normalized spacial score (nSPS) is 11.9. The molecule has 2 aromatic carbocycles. The Kier molecular flexibility index (Phi) is 3.16. The number of halogens is 1. The molecule has 0 aliphatic rings. The maximum absolute atomic E-state index is 10.1. The first-order valence-corrected chi connectivity index (χ1v) is 7.76. The lowest BCUT2D eigenvalue weighted by atomic mass is 10.2. The SMILES string of the molecule is Cn1c(N=Nc2c(O)[nH]c3ccc(Br)cc23)nc2ccccc21. The Balaban J connectivity index is 1.83. The van der Waals surface area contributed by atoms with Gasteiger partial charge < -0.3 is 14.7 Å². The summed E-state index contributed by atoms with van der Waals surface area (Å²) in [5, 5.41) is 19.3. The van der Waals surface area contributed by atoms with Gasteiger partial charge in [-0.1, -0.05) is 28.1 Å². The second-order valence-electron chi connectivity index (χ2n) is 5.17. The molecule has 0 unspecified atom stereocenters. The van der Waals surface area contributed by atoms with E-state index in [0.717, 1.165) is 26.4 Å². The summed E-state index contributed by atoms with van der Waals surface area (Å²) in [6, 6.07) is 13.4. The van der Waals surface area contributed by atoms with Gasteiger partial charge in [-0.05, 0) is 30.3 Å². The molecule has 4 rings (SSSR count). The minimum absolute atomic E-state index is 0.0133. The molecule has 0 fully saturated rings. The van der Waals surface area contributed by atoms with Crippen LogP contribution in [-0.2, 0) is 7.05 Å². The van der Waals surface area contributed by atoms with Gasteiger partial charge in [0, 0.05) is 16.9 Å². The molecule has 4 aromatic rings. The molecule has 0 bridgehead atoms. The van der Waals surface area contributed by atoms with Crippen LogP contribution in [0.15, 0.2) is 57.2 Å². The average Bonchev–Trinajstić information content (AvgIpc) is 3.03. The number of para-hydroxylation sites is 2. The van der Waals surface area contributed by atoms with Gasteiger partial charge in [0.25, 0.3) is 0 Å². The molecule has 114 valence electrons. The maximum Gasteiger partial charge on any atom is 0.250 e. The molecule has 6 nitrogen and oxygen atoms in total. The van der Waals surface area contributed by atoms with Crippen molar-refractivity contribution in [1.82, 2.24) is 14.5 Å². The summed E-state index contributed by atoms with van der Waals surface area (Å²) in [7, 11) is 1.88. The lowest BCUT2D eigenvalue weighted by Crippen LogP contribution is -1.85. The van der Waals surface area contributed by atoms with Crippen LogP contribution in [0.1, 0.15) is 0 Å². The first kappa shape index (κ1) is 14.0. The fourth-order valence-electron chi connectivity index (χ4n) is 2.55. The van der Waals surface area contributed by atoms with Gasteiger partial charge in [0.15, 0.2) is 5.69 Å². The van der Waals surface area contributed by atoms with Gasteiger partial charge in [-0.15, -0.1) is 10.2 Å². The molecule has 0 atom stereocenters. The highest BCUT2D eigenvalue weighted by Crippen LogP contribution is 2.37. The zero-order chi connectivity index (χ0) is 16.0. The number of H-pyrrole nitrogens is 1. The molecule has 2 heterocycles. The molecule has 23 heavy (non-hydrogen) atoms. The number of hydrogen-bond donors (Lipinski definition) is 2. The van der Waals surface area contributed by atoms with Crippen molar-refractivity contribution in [3.8, 4) is 5.88 Å². The first-order valence-electron chi connectivity index (χ1n) is 6.97. The van der Waals surface area contributed by atoms with E-state index in [1.807, 2.05) is 54.1 Å². The number of aromatic nitrogens is 3. The molecule has 0 saturated carbocycles. The van der Waals surface area contributed by atoms with E-state index in [1.54, 1.807) is 0 Å². The number of aromatic amines is 1. The number of rotatable bonds is 2. The molecule has 0 saturated heterocycles. The van der Waals surface area contributed by atoms with Crippen LogP contribution in [0.4, 0.5) is 11.6 Å². The first-order chi connectivity index (χ1) is 11.1. The highest BCUT2D eigenvalue weighted by molar-refractivity contribution is 9.10. The number of nitrogens with one attached hydrogen (secondary N) is 1. The number of hydrogen-bond acceptors (Lipinski definition) is 4. The largest absolute Gasteiger partial charge is 0.493 e. The quantitative estimate of drug-likeness (QED) is 0.491. The highest BCUT2D eigenvalue weighted by atomic mass is 79.9. The van der Waals surface area contributed by atoms with Crippen molar-refractivity contribution >= 4 is 49.5 Å². The van der Waals surface area contributed by atoms with Crippen molar-refractivity contribution < 1.29 is 5.11 Å². The average molecular weight is 370 g/mol. The Morgan fingerprint density at radius 3 is 2.83 bits per heavy atom. The van der Waals surface area contributed by atoms with Gasteiger partial charge in [-0.25, -0.2) is 4.98 Å². The minimum atomic E-state index is -0.0133. The zero-order valence-electron chi connectivity index (χ0n) is 12.2. The summed E-state index contributed by atoms with van der Waals surface area (Å²) >= 11 is 3.42. The van der Waals surface area contributed by atoms with Gasteiger partial charge in [0.1, 0.15) is 0 Å². The molecule has 2 aromatic heterocycles. The van der Waals surface area contributed by atoms with E-state index in [-0.39, 0.29) is 5.88 Å². The van der Waals surface area contributed by atoms with E-state index in [1.165, 1.54) is 0 Å². The fraction of sp³-hybridized carbons (Fsp3) is 0.0625. The zero-order valence-corrected chi connectivity index (χ0v) is 13.7. The van der Waals surface area contributed by atoms with Gasteiger partial charge in [0.2, 0.25) is 11.8 Å². The Bertz CT molecular complexity index is 1060. The molecular formula is C16H12BrN5O. The van der Waals surface area contributed by atoms with Crippen molar-refractivity contribution in [1.29, 1.82) is 0 Å². The number of nitrogens with zero attached hydrogens (tertiary/aromatic N) is 4. The summed E-state index contributed by atoms with van der Waals surface area (Å²) in [5.74, 6) is 0.468. The monoisotopic (exact) mass is 369 g/mol. The van der Waals surface area contributed by atoms with Crippen molar-refractivity contribution in [3.05, 3.63) is 46.9 Å². The van der Waals surface area contributed by atoms with E-state index in [2.05, 4.69) is 36.1 Å². The highest BCUT2D eigenvalue weighted by Gasteiger charge is 2.12. The van der Waals surface area contributed by atoms with Crippen molar-refractivity contribution in [3.63, 3.8) is 0 Å². The van der Waals surface area contributed by atoms with E-state index in [4.69, 9.17) is 0 Å². The standard InChI is InChI=1S/C16H12BrN5O/c1-22-13-5-3-2-4-12(13)19-16(22)21-20-14-10-8-9(17)6-7-11(10)18-15(14)23/h2-8,18,23H,1H3. The Morgan fingerprint density at radius 2 is 2.00 bits per heavy atom. The van der Waals surface area contributed by atoms with Gasteiger partial charge >= 0.3 is 0 Å². The summed E-state index contributed by atoms with van der Waals surface area (Å²) in [6.45, 7) is 0. The van der Waals surface area contributed by atoms with E-state index in [0.29, 0.717) is 11.6 Å². The number of azo groups is 1. The Morgan fingerprint density at radius 1 is 1.17 bits per heavy atom. The second kappa shape index (κ2) is 5.20. The third-order valence-electron chi connectivity index (χ3n) is 3.72. The second-order valence-corrected chi connectivity index (χ2v) is 6.09. The number of aromatic hydroxyl groups is 1. The number of imidazole rings is 1. The number of fused-ring (bicyclic) bond motifs is 2. The smallest absolute Gasteiger partial charge is 0.250 e. The molecule has 0 aliphatic carbocycles. The predicted octanol–water partition coefficient (Wildman–Crippen LogP) is 4.94. The lowest BCUT2D eigenvalue weighted by Gasteiger charge is -1.95. The molecule has 2 N–H and O–H groups in total. The van der Waals surface area contributed by atoms with Gasteiger partial charge in [-0.3, -0.25) is 0 Å². The van der Waals surface area contributed by atoms with Crippen LogP contribution in [0.5, 0.6) is 5.88 Å². The maximum atomic E-state index is 10.1. The van der Waals surface area contributed by atoms with E-state index >= 15 is 0 Å². The van der Waals surface area contributed by atoms with Crippen molar-refractivity contribution in [2.75, 3.05) is 0 Å². The van der Waals surface area contributed by atoms with Crippen molar-refractivity contribution in [2.24, 2.45) is 17.3 Å². The van der Waals surface area contributed by atoms with Crippen LogP contribution in [-0.4, -0.2) is 19.6 Å². The van der Waals surface area contributed by atoms with E-state index in [9.17, 15) is 5.11 Å². The minimum Gasteiger partial charge on any atom is -0.493 e. The van der Waals surface area contributed by atoms with Crippen LogP contribution < -0.4 is 0 Å². The topological polar surface area (TPSA) is 78.6 Å². The van der Waals surface area contributed by atoms with Gasteiger partial charge in [-0.2, -0.15) is 0 Å². The molecule has 0 radical (unpaired) electrons. The summed E-state index contributed by atoms with van der Waals surface area (Å²) in [5.41, 5.74) is 3.03. The van der Waals surface area contributed by atoms with Crippen LogP contribution in [0.3, 0.4) is 0 Å². The summed E-state index contributed by atoms with van der Waals surface area (Å²) in [4.78, 5) is 7.33. The van der Waals surface area contributed by atoms with E-state index < -0.39 is 0 Å². The number of benzene rings is 2. The van der Waals surface area contributed by atoms with Gasteiger partial charge in [0.05, 0.1) is 16.6 Å². The fourth-order valence-corrected chi connectivity index (χ4v) is 2.91. The Hall–Kier alpha value is -2.67. The third kappa shape index (κ3) is 2.29. The summed E-state index contributed by atoms with van der Waals surface area (Å²) < 4.78 is 2.77. The third-order valence-corrected chi connectivity index (χ3v) is 4.21. The lowest BCUT2D eigenvalue weighted by molar-refractivity contribution is 0.459. The van der Waals surface area contributed by atoms with Crippen molar-refractivity contribution in [2.45, 2.75) is 0 Å². The predicted molar refractivity (Wildman–Crippen MR) is 92.6 cm³/mol. The van der Waals surface area contributed by atoms with Crippen LogP contribution in [0.2, 0.25) is 0 Å². The molecule has 0 amide bonds. The van der Waals surface area contributed by atoms with Crippen LogP contribution in [0.25, 0.3) is 21.9 Å². The van der Waals surface area contributed by atoms with Crippen LogP contribution >= 0.6 is 15.9 Å².